The molecule has 1 aromatic rings. The van der Waals surface area contributed by atoms with Gasteiger partial charge in [0.15, 0.2) is 0 Å². The van der Waals surface area contributed by atoms with Gasteiger partial charge in [-0.05, 0) is 25.8 Å². The second-order valence-electron chi connectivity index (χ2n) is 3.65. The Hall–Kier alpha value is -1.58. The van der Waals surface area contributed by atoms with E-state index < -0.39 is 0 Å². The number of rotatable bonds is 2. The van der Waals surface area contributed by atoms with Crippen molar-refractivity contribution in [3.63, 3.8) is 0 Å². The first kappa shape index (κ1) is 8.99. The largest absolute Gasteiger partial charge is 0.397 e. The molecule has 0 aliphatic heterocycles. The molecule has 2 rings (SSSR count). The van der Waals surface area contributed by atoms with Crippen LogP contribution >= 0.6 is 0 Å². The number of carbonyl (C=O) groups excluding carboxylic acids is 1. The molecule has 0 radical (unpaired) electrons. The predicted molar refractivity (Wildman–Crippen MR) is 53.9 cm³/mol. The maximum absolute atomic E-state index is 11.7. The van der Waals surface area contributed by atoms with Gasteiger partial charge >= 0.3 is 0 Å². The van der Waals surface area contributed by atoms with Crippen molar-refractivity contribution in [3.05, 3.63) is 23.5 Å². The average Bonchev–Trinajstić information content (AvgIpc) is 2.93. The molecule has 0 bridgehead atoms. The summed E-state index contributed by atoms with van der Waals surface area (Å²) in [4.78, 5) is 15.7. The summed E-state index contributed by atoms with van der Waals surface area (Å²) < 4.78 is 0. The van der Waals surface area contributed by atoms with Gasteiger partial charge in [0.1, 0.15) is 0 Å². The van der Waals surface area contributed by atoms with E-state index in [9.17, 15) is 4.79 Å². The molecular weight excluding hydrogens is 178 g/mol. The van der Waals surface area contributed by atoms with Gasteiger partial charge in [-0.2, -0.15) is 0 Å². The lowest BCUT2D eigenvalue weighted by molar-refractivity contribution is 0.0950. The Balaban J connectivity index is 2.20. The highest BCUT2D eigenvalue weighted by molar-refractivity contribution is 5.96. The highest BCUT2D eigenvalue weighted by atomic mass is 16.1. The van der Waals surface area contributed by atoms with E-state index in [2.05, 4.69) is 10.3 Å². The van der Waals surface area contributed by atoms with E-state index in [-0.39, 0.29) is 5.91 Å². The summed E-state index contributed by atoms with van der Waals surface area (Å²) in [5, 5.41) is 2.90. The standard InChI is InChI=1S/C10H13N3O/c1-6-9(4-7(11)5-12-6)10(14)13-8-2-3-8/h4-5,8H,2-3,11H2,1H3,(H,13,14). The lowest BCUT2D eigenvalue weighted by Gasteiger charge is -2.06. The SMILES string of the molecule is Cc1ncc(N)cc1C(=O)NC1CC1. The lowest BCUT2D eigenvalue weighted by atomic mass is 10.2. The molecule has 1 fully saturated rings. The van der Waals surface area contributed by atoms with Gasteiger partial charge in [0, 0.05) is 6.04 Å². The van der Waals surface area contributed by atoms with Crippen molar-refractivity contribution in [2.75, 3.05) is 5.73 Å². The Kier molecular flexibility index (Phi) is 2.11. The number of anilines is 1. The van der Waals surface area contributed by atoms with E-state index in [1.54, 1.807) is 19.2 Å². The van der Waals surface area contributed by atoms with Gasteiger partial charge in [0.2, 0.25) is 0 Å². The fraction of sp³-hybridized carbons (Fsp3) is 0.400. The van der Waals surface area contributed by atoms with E-state index in [1.165, 1.54) is 0 Å². The van der Waals surface area contributed by atoms with Crippen LogP contribution < -0.4 is 11.1 Å². The number of pyridine rings is 1. The maximum Gasteiger partial charge on any atom is 0.253 e. The van der Waals surface area contributed by atoms with Crippen LogP contribution in [0.1, 0.15) is 28.9 Å². The highest BCUT2D eigenvalue weighted by Crippen LogP contribution is 2.20. The van der Waals surface area contributed by atoms with E-state index in [4.69, 9.17) is 5.73 Å². The summed E-state index contributed by atoms with van der Waals surface area (Å²) in [6.07, 6.45) is 3.73. The summed E-state index contributed by atoms with van der Waals surface area (Å²) in [5.41, 5.74) is 7.39. The molecule has 0 aromatic carbocycles. The Morgan fingerprint density at radius 2 is 2.36 bits per heavy atom. The minimum atomic E-state index is -0.0650. The maximum atomic E-state index is 11.7. The predicted octanol–water partition coefficient (Wildman–Crippen LogP) is 0.864. The molecule has 0 atom stereocenters. The smallest absolute Gasteiger partial charge is 0.253 e. The zero-order valence-corrected chi connectivity index (χ0v) is 8.08. The number of nitrogens with one attached hydrogen (secondary N) is 1. The molecule has 4 heteroatoms. The molecule has 0 spiro atoms. The summed E-state index contributed by atoms with van der Waals surface area (Å²) in [7, 11) is 0. The first-order valence-corrected chi connectivity index (χ1v) is 4.70. The van der Waals surface area contributed by atoms with Crippen LogP contribution in [0.25, 0.3) is 0 Å². The number of nitrogens with two attached hydrogens (primary N) is 1. The van der Waals surface area contributed by atoms with Gasteiger partial charge in [-0.15, -0.1) is 0 Å². The van der Waals surface area contributed by atoms with Gasteiger partial charge in [-0.1, -0.05) is 0 Å². The van der Waals surface area contributed by atoms with Crippen molar-refractivity contribution >= 4 is 11.6 Å². The molecule has 14 heavy (non-hydrogen) atoms. The van der Waals surface area contributed by atoms with Gasteiger partial charge < -0.3 is 11.1 Å². The van der Waals surface area contributed by atoms with E-state index in [0.29, 0.717) is 17.3 Å². The highest BCUT2D eigenvalue weighted by Gasteiger charge is 2.24. The van der Waals surface area contributed by atoms with Crippen LogP contribution in [0.2, 0.25) is 0 Å². The van der Waals surface area contributed by atoms with Crippen molar-refractivity contribution in [2.24, 2.45) is 0 Å². The van der Waals surface area contributed by atoms with Crippen molar-refractivity contribution in [1.82, 2.24) is 10.3 Å². The minimum absolute atomic E-state index is 0.0650. The summed E-state index contributed by atoms with van der Waals surface area (Å²) in [6.45, 7) is 1.81. The average molecular weight is 191 g/mol. The van der Waals surface area contributed by atoms with Gasteiger partial charge in [0.05, 0.1) is 23.1 Å². The zero-order valence-electron chi connectivity index (χ0n) is 8.08. The molecule has 1 aromatic heterocycles. The number of aryl methyl sites for hydroxylation is 1. The van der Waals surface area contributed by atoms with Crippen LogP contribution in [0, 0.1) is 6.92 Å². The number of carbonyl (C=O) groups is 1. The molecule has 4 nitrogen and oxygen atoms in total. The lowest BCUT2D eigenvalue weighted by Crippen LogP contribution is -2.26. The molecule has 0 unspecified atom stereocenters. The molecule has 1 aliphatic rings. The third-order valence-electron chi connectivity index (χ3n) is 2.27. The quantitative estimate of drug-likeness (QED) is 0.728. The monoisotopic (exact) mass is 191 g/mol. The van der Waals surface area contributed by atoms with Crippen molar-refractivity contribution in [1.29, 1.82) is 0 Å². The molecule has 1 aliphatic carbocycles. The molecule has 3 N–H and O–H groups in total. The second-order valence-corrected chi connectivity index (χ2v) is 3.65. The third kappa shape index (κ3) is 1.84. The molecule has 1 amide bonds. The van der Waals surface area contributed by atoms with Gasteiger partial charge in [-0.3, -0.25) is 9.78 Å². The Bertz CT molecular complexity index is 372. The van der Waals surface area contributed by atoms with Crippen LogP contribution in [0.4, 0.5) is 5.69 Å². The van der Waals surface area contributed by atoms with E-state index in [0.717, 1.165) is 18.5 Å². The number of hydrogen-bond donors (Lipinski definition) is 2. The number of nitrogen functional groups attached to an aromatic ring is 1. The third-order valence-corrected chi connectivity index (χ3v) is 2.27. The van der Waals surface area contributed by atoms with Gasteiger partial charge in [0.25, 0.3) is 5.91 Å². The molecule has 1 saturated carbocycles. The Morgan fingerprint density at radius 1 is 1.64 bits per heavy atom. The fourth-order valence-corrected chi connectivity index (χ4v) is 1.27. The number of amides is 1. The van der Waals surface area contributed by atoms with Crippen LogP contribution in [0.5, 0.6) is 0 Å². The van der Waals surface area contributed by atoms with Crippen molar-refractivity contribution in [3.8, 4) is 0 Å². The Labute approximate surface area is 82.5 Å². The van der Waals surface area contributed by atoms with Crippen molar-refractivity contribution in [2.45, 2.75) is 25.8 Å². The summed E-state index contributed by atoms with van der Waals surface area (Å²) >= 11 is 0. The summed E-state index contributed by atoms with van der Waals surface area (Å²) in [5.74, 6) is -0.0650. The molecule has 0 saturated heterocycles. The minimum Gasteiger partial charge on any atom is -0.397 e. The second kappa shape index (κ2) is 3.29. The summed E-state index contributed by atoms with van der Waals surface area (Å²) in [6, 6.07) is 2.03. The van der Waals surface area contributed by atoms with Crippen LogP contribution in [0.3, 0.4) is 0 Å². The normalized spacial score (nSPS) is 15.2. The van der Waals surface area contributed by atoms with E-state index >= 15 is 0 Å². The zero-order chi connectivity index (χ0) is 10.1. The Morgan fingerprint density at radius 3 is 3.00 bits per heavy atom. The number of nitrogens with zero attached hydrogens (tertiary/aromatic N) is 1. The number of aromatic nitrogens is 1. The van der Waals surface area contributed by atoms with Crippen LogP contribution in [0.15, 0.2) is 12.3 Å². The molecule has 1 heterocycles. The topological polar surface area (TPSA) is 68.0 Å². The van der Waals surface area contributed by atoms with Crippen molar-refractivity contribution < 1.29 is 4.79 Å². The molecule has 74 valence electrons. The van der Waals surface area contributed by atoms with Crippen LogP contribution in [-0.4, -0.2) is 16.9 Å². The first-order chi connectivity index (χ1) is 6.66. The fourth-order valence-electron chi connectivity index (χ4n) is 1.27. The van der Waals surface area contributed by atoms with Crippen LogP contribution in [-0.2, 0) is 0 Å². The molecular formula is C10H13N3O. The van der Waals surface area contributed by atoms with E-state index in [1.807, 2.05) is 0 Å². The number of hydrogen-bond acceptors (Lipinski definition) is 3. The van der Waals surface area contributed by atoms with Gasteiger partial charge in [-0.25, -0.2) is 0 Å². The first-order valence-electron chi connectivity index (χ1n) is 4.70.